The fourth-order valence-electron chi connectivity index (χ4n) is 0. The maximum atomic E-state index is 9.75. The third kappa shape index (κ3) is 3.51. The molecule has 1 N–H and O–H groups in total. The molecule has 0 fully saturated rings. The van der Waals surface area contributed by atoms with Crippen LogP contribution in [0.15, 0.2) is 0 Å². The van der Waals surface area contributed by atoms with Crippen molar-refractivity contribution < 1.29 is 13.0 Å². The van der Waals surface area contributed by atoms with Gasteiger partial charge in [0, 0.05) is 0 Å². The van der Waals surface area contributed by atoms with E-state index in [4.69, 9.17) is 16.2 Å². The third-order valence-electron chi connectivity index (χ3n) is 0.225. The van der Waals surface area contributed by atoms with E-state index in [9.17, 15) is 8.42 Å². The third-order valence-corrected chi connectivity index (χ3v) is 3.28. The zero-order chi connectivity index (χ0) is 6.08. The lowest BCUT2D eigenvalue weighted by Crippen LogP contribution is -2.04. The molecule has 0 saturated heterocycles. The number of halogens is 2. The van der Waals surface area contributed by atoms with E-state index < -0.39 is 12.8 Å². The van der Waals surface area contributed by atoms with Crippen LogP contribution in [0.3, 0.4) is 0 Å². The molecule has 1 atom stereocenters. The lowest BCUT2D eigenvalue weighted by atomic mass is 11.9. The molecule has 7 heavy (non-hydrogen) atoms. The maximum Gasteiger partial charge on any atom is 0.291 e. The fourth-order valence-corrected chi connectivity index (χ4v) is 0. The molecule has 44 valence electrons. The Morgan fingerprint density at radius 1 is 1.71 bits per heavy atom. The highest BCUT2D eigenvalue weighted by atomic mass is 127. The first-order chi connectivity index (χ1) is 2.94. The van der Waals surface area contributed by atoms with E-state index in [-0.39, 0.29) is 0 Å². The zero-order valence-electron chi connectivity index (χ0n) is 3.01. The van der Waals surface area contributed by atoms with Crippen LogP contribution in [0.5, 0.6) is 0 Å². The summed E-state index contributed by atoms with van der Waals surface area (Å²) >= 11 is 6.28. The fraction of sp³-hybridized carbons (Fsp3) is 1.00. The molecule has 3 nitrogen and oxygen atoms in total. The second-order valence-electron chi connectivity index (χ2n) is 0.776. The first-order valence-corrected chi connectivity index (χ1v) is 4.37. The Kier molecular flexibility index (Phi) is 2.80. The minimum atomic E-state index is -3.99. The largest absolute Gasteiger partial charge is 0.291 e. The predicted octanol–water partition coefficient (Wildman–Crippen LogP) is 0.832. The average molecular weight is 256 g/mol. The quantitative estimate of drug-likeness (QED) is 0.429. The molecule has 0 aliphatic carbocycles. The SMILES string of the molecule is O=S(=O)(O)C(Cl)I. The van der Waals surface area contributed by atoms with Gasteiger partial charge in [-0.05, 0) is 22.6 Å². The predicted molar refractivity (Wildman–Crippen MR) is 35.2 cm³/mol. The van der Waals surface area contributed by atoms with Crippen molar-refractivity contribution in [3.63, 3.8) is 0 Å². The average Bonchev–Trinajstić information content (AvgIpc) is 1.31. The topological polar surface area (TPSA) is 54.4 Å². The van der Waals surface area contributed by atoms with Crippen molar-refractivity contribution in [2.45, 2.75) is 2.72 Å². The highest BCUT2D eigenvalue weighted by molar-refractivity contribution is 14.1. The zero-order valence-corrected chi connectivity index (χ0v) is 6.74. The molecule has 0 spiro atoms. The summed E-state index contributed by atoms with van der Waals surface area (Å²) in [5.74, 6) is 0. The Morgan fingerprint density at radius 3 is 1.86 bits per heavy atom. The minimum Gasteiger partial charge on any atom is -0.284 e. The van der Waals surface area contributed by atoms with E-state index in [1.54, 1.807) is 0 Å². The van der Waals surface area contributed by atoms with Gasteiger partial charge >= 0.3 is 0 Å². The number of hydrogen-bond donors (Lipinski definition) is 1. The van der Waals surface area contributed by atoms with Crippen LogP contribution in [0.1, 0.15) is 0 Å². The standard InChI is InChI=1S/CH2ClIO3S/c2-1(3)7(4,5)6/h1H,(H,4,5,6). The van der Waals surface area contributed by atoms with Crippen LogP contribution in [0.4, 0.5) is 0 Å². The molecule has 0 aliphatic rings. The van der Waals surface area contributed by atoms with Crippen molar-refractivity contribution >= 4 is 44.3 Å². The van der Waals surface area contributed by atoms with Gasteiger partial charge in [-0.1, -0.05) is 11.6 Å². The number of alkyl halides is 2. The van der Waals surface area contributed by atoms with Gasteiger partial charge in [-0.3, -0.25) is 4.55 Å². The van der Waals surface area contributed by atoms with E-state index >= 15 is 0 Å². The molecule has 0 bridgehead atoms. The number of hydrogen-bond acceptors (Lipinski definition) is 2. The van der Waals surface area contributed by atoms with Crippen LogP contribution in [0, 0.1) is 0 Å². The molecular weight excluding hydrogens is 254 g/mol. The normalized spacial score (nSPS) is 16.4. The second-order valence-corrected chi connectivity index (χ2v) is 5.80. The van der Waals surface area contributed by atoms with Gasteiger partial charge in [0.2, 0.25) is 2.72 Å². The minimum absolute atomic E-state index is 1.23. The van der Waals surface area contributed by atoms with Gasteiger partial charge in [-0.2, -0.15) is 8.42 Å². The summed E-state index contributed by atoms with van der Waals surface area (Å²) in [5, 5.41) is 0. The monoisotopic (exact) mass is 256 g/mol. The molecule has 0 heterocycles. The summed E-state index contributed by atoms with van der Waals surface area (Å²) in [6, 6.07) is 0. The van der Waals surface area contributed by atoms with Gasteiger partial charge in [-0.25, -0.2) is 0 Å². The van der Waals surface area contributed by atoms with E-state index in [1.807, 2.05) is 0 Å². The first-order valence-electron chi connectivity index (χ1n) is 1.19. The Morgan fingerprint density at radius 2 is 1.86 bits per heavy atom. The molecule has 0 aromatic rings. The summed E-state index contributed by atoms with van der Waals surface area (Å²) in [5.41, 5.74) is 0. The van der Waals surface area contributed by atoms with E-state index in [1.165, 1.54) is 22.6 Å². The van der Waals surface area contributed by atoms with E-state index in [0.29, 0.717) is 0 Å². The Hall–Kier alpha value is 0.930. The van der Waals surface area contributed by atoms with E-state index in [0.717, 1.165) is 0 Å². The lowest BCUT2D eigenvalue weighted by Gasteiger charge is -1.90. The van der Waals surface area contributed by atoms with Crippen molar-refractivity contribution in [2.24, 2.45) is 0 Å². The Balaban J connectivity index is 4.10. The van der Waals surface area contributed by atoms with Crippen molar-refractivity contribution in [1.29, 1.82) is 0 Å². The summed E-state index contributed by atoms with van der Waals surface area (Å²) in [4.78, 5) is 0. The molecule has 0 aromatic heterocycles. The Bertz CT molecular complexity index is 137. The van der Waals surface area contributed by atoms with Crippen LogP contribution in [0.2, 0.25) is 0 Å². The lowest BCUT2D eigenvalue weighted by molar-refractivity contribution is 0.487. The molecular formula is CH2ClIO3S. The van der Waals surface area contributed by atoms with Crippen LogP contribution in [-0.4, -0.2) is 15.7 Å². The first kappa shape index (κ1) is 7.93. The highest BCUT2D eigenvalue weighted by Gasteiger charge is 2.13. The van der Waals surface area contributed by atoms with Gasteiger partial charge in [0.1, 0.15) is 0 Å². The van der Waals surface area contributed by atoms with E-state index in [2.05, 4.69) is 0 Å². The molecule has 0 amide bonds. The van der Waals surface area contributed by atoms with Crippen molar-refractivity contribution in [1.82, 2.24) is 0 Å². The summed E-state index contributed by atoms with van der Waals surface area (Å²) in [6.07, 6.45) is 0. The Labute approximate surface area is 59.9 Å². The summed E-state index contributed by atoms with van der Waals surface area (Å²) in [7, 11) is -3.99. The number of rotatable bonds is 1. The van der Waals surface area contributed by atoms with Gasteiger partial charge in [0.25, 0.3) is 10.1 Å². The molecule has 0 saturated carbocycles. The second kappa shape index (κ2) is 2.47. The molecule has 1 unspecified atom stereocenters. The smallest absolute Gasteiger partial charge is 0.284 e. The van der Waals surface area contributed by atoms with Gasteiger partial charge in [0.15, 0.2) is 0 Å². The van der Waals surface area contributed by atoms with Gasteiger partial charge in [0.05, 0.1) is 0 Å². The molecule has 0 rings (SSSR count). The van der Waals surface area contributed by atoms with Crippen LogP contribution < -0.4 is 0 Å². The van der Waals surface area contributed by atoms with Crippen LogP contribution in [0.25, 0.3) is 0 Å². The van der Waals surface area contributed by atoms with Crippen molar-refractivity contribution in [3.8, 4) is 0 Å². The van der Waals surface area contributed by atoms with Gasteiger partial charge < -0.3 is 0 Å². The molecule has 0 radical (unpaired) electrons. The molecule has 6 heteroatoms. The van der Waals surface area contributed by atoms with Crippen LogP contribution in [-0.2, 0) is 10.1 Å². The highest BCUT2D eigenvalue weighted by Crippen LogP contribution is 2.11. The summed E-state index contributed by atoms with van der Waals surface area (Å²) in [6.45, 7) is 0. The molecule has 0 aromatic carbocycles. The van der Waals surface area contributed by atoms with Crippen LogP contribution >= 0.6 is 34.2 Å². The summed E-state index contributed by atoms with van der Waals surface area (Å²) < 4.78 is 26.2. The molecule has 0 aliphatic heterocycles. The van der Waals surface area contributed by atoms with Crippen molar-refractivity contribution in [2.75, 3.05) is 0 Å². The van der Waals surface area contributed by atoms with Crippen molar-refractivity contribution in [3.05, 3.63) is 0 Å². The maximum absolute atomic E-state index is 9.75. The van der Waals surface area contributed by atoms with Gasteiger partial charge in [-0.15, -0.1) is 0 Å².